The van der Waals surface area contributed by atoms with Gasteiger partial charge < -0.3 is 20.9 Å². The van der Waals surface area contributed by atoms with E-state index in [0.29, 0.717) is 30.5 Å². The first kappa shape index (κ1) is 30.5. The Kier molecular flexibility index (Phi) is 10.0. The number of amides is 2. The predicted molar refractivity (Wildman–Crippen MR) is 159 cm³/mol. The summed E-state index contributed by atoms with van der Waals surface area (Å²) in [6.07, 6.45) is 4.63. The van der Waals surface area contributed by atoms with Gasteiger partial charge in [-0.1, -0.05) is 49.6 Å². The van der Waals surface area contributed by atoms with Gasteiger partial charge >= 0.3 is 12.1 Å². The number of carbonyl (C=O) groups is 3. The van der Waals surface area contributed by atoms with Crippen LogP contribution >= 0.6 is 0 Å². The zero-order valence-corrected chi connectivity index (χ0v) is 24.3. The number of fused-ring (bicyclic) bond motifs is 1. The number of nitrogens with two attached hydrogens (primary N) is 1. The van der Waals surface area contributed by atoms with E-state index < -0.39 is 24.2 Å². The molecule has 0 unspecified atom stereocenters. The average Bonchev–Trinajstić information content (AvgIpc) is 2.92. The molecule has 1 saturated carbocycles. The molecule has 4 rings (SSSR count). The van der Waals surface area contributed by atoms with E-state index in [-0.39, 0.29) is 23.1 Å². The van der Waals surface area contributed by atoms with Crippen molar-refractivity contribution in [1.82, 2.24) is 10.2 Å². The zero-order valence-electron chi connectivity index (χ0n) is 24.3. The van der Waals surface area contributed by atoms with Crippen molar-refractivity contribution in [2.45, 2.75) is 83.0 Å². The molecule has 41 heavy (non-hydrogen) atoms. The molecule has 2 aliphatic rings. The van der Waals surface area contributed by atoms with Crippen LogP contribution in [0.5, 0.6) is 0 Å². The SMILES string of the molecule is CC(C)(C)NC(=O)[C@@H]1C[C@@H]2CCCC[C@@H]2CN1C[C@@H](OC(=O)Nc1ccc(C(=O)O)cc1)[C@@H](N)Cc1ccccc1. The van der Waals surface area contributed by atoms with Crippen LogP contribution in [0.4, 0.5) is 10.5 Å². The first-order valence-corrected chi connectivity index (χ1v) is 14.6. The third-order valence-corrected chi connectivity index (χ3v) is 8.15. The Labute approximate surface area is 242 Å². The van der Waals surface area contributed by atoms with Crippen molar-refractivity contribution in [3.05, 3.63) is 65.7 Å². The summed E-state index contributed by atoms with van der Waals surface area (Å²) >= 11 is 0. The number of aromatic carboxylic acids is 1. The molecule has 0 spiro atoms. The molecule has 2 amide bonds. The number of hydrogen-bond donors (Lipinski definition) is 4. The van der Waals surface area contributed by atoms with Gasteiger partial charge in [0.2, 0.25) is 5.91 Å². The number of piperidine rings is 1. The molecule has 1 heterocycles. The van der Waals surface area contributed by atoms with Crippen LogP contribution in [0.2, 0.25) is 0 Å². The highest BCUT2D eigenvalue weighted by Gasteiger charge is 2.42. The summed E-state index contributed by atoms with van der Waals surface area (Å²) in [5, 5.41) is 15.0. The molecule has 2 aromatic rings. The summed E-state index contributed by atoms with van der Waals surface area (Å²) in [7, 11) is 0. The monoisotopic (exact) mass is 564 g/mol. The molecule has 0 radical (unpaired) electrons. The van der Waals surface area contributed by atoms with Crippen molar-refractivity contribution >= 4 is 23.7 Å². The van der Waals surface area contributed by atoms with E-state index in [1.807, 2.05) is 51.1 Å². The number of carboxylic acids is 1. The van der Waals surface area contributed by atoms with Gasteiger partial charge in [-0.2, -0.15) is 0 Å². The Hall–Kier alpha value is -3.43. The smallest absolute Gasteiger partial charge is 0.411 e. The molecule has 1 saturated heterocycles. The summed E-state index contributed by atoms with van der Waals surface area (Å²) in [5.74, 6) is -0.0158. The summed E-state index contributed by atoms with van der Waals surface area (Å²) in [6.45, 7) is 7.05. The van der Waals surface area contributed by atoms with Gasteiger partial charge in [-0.05, 0) is 81.7 Å². The van der Waals surface area contributed by atoms with Gasteiger partial charge in [-0.25, -0.2) is 9.59 Å². The van der Waals surface area contributed by atoms with E-state index in [4.69, 9.17) is 15.6 Å². The second-order valence-electron chi connectivity index (χ2n) is 12.6. The highest BCUT2D eigenvalue weighted by atomic mass is 16.6. The number of nitrogens with zero attached hydrogens (tertiary/aromatic N) is 1. The van der Waals surface area contributed by atoms with Gasteiger partial charge in [-0.15, -0.1) is 0 Å². The van der Waals surface area contributed by atoms with Crippen LogP contribution in [0, 0.1) is 11.8 Å². The molecule has 2 fully saturated rings. The maximum atomic E-state index is 13.5. The highest BCUT2D eigenvalue weighted by molar-refractivity contribution is 5.89. The van der Waals surface area contributed by atoms with Gasteiger partial charge in [0.15, 0.2) is 0 Å². The normalized spacial score (nSPS) is 22.6. The van der Waals surface area contributed by atoms with Gasteiger partial charge in [0.25, 0.3) is 0 Å². The van der Waals surface area contributed by atoms with Crippen LogP contribution in [0.25, 0.3) is 0 Å². The highest BCUT2D eigenvalue weighted by Crippen LogP contribution is 2.39. The number of carboxylic acid groups (broad SMARTS) is 1. The van der Waals surface area contributed by atoms with Crippen LogP contribution in [0.1, 0.15) is 68.8 Å². The number of carbonyl (C=O) groups excluding carboxylic acids is 2. The number of benzene rings is 2. The molecule has 222 valence electrons. The second kappa shape index (κ2) is 13.5. The summed E-state index contributed by atoms with van der Waals surface area (Å²) in [5.41, 5.74) is 7.93. The lowest BCUT2D eigenvalue weighted by atomic mass is 9.72. The van der Waals surface area contributed by atoms with E-state index in [1.165, 1.54) is 37.1 Å². The number of anilines is 1. The summed E-state index contributed by atoms with van der Waals surface area (Å²) in [6, 6.07) is 14.9. The second-order valence-corrected chi connectivity index (χ2v) is 12.6. The lowest BCUT2D eigenvalue weighted by Crippen LogP contribution is -2.60. The molecule has 5 atom stereocenters. The molecule has 0 aromatic heterocycles. The van der Waals surface area contributed by atoms with Crippen molar-refractivity contribution in [3.8, 4) is 0 Å². The first-order valence-electron chi connectivity index (χ1n) is 14.6. The van der Waals surface area contributed by atoms with Crippen molar-refractivity contribution < 1.29 is 24.2 Å². The minimum absolute atomic E-state index is 0.000115. The van der Waals surface area contributed by atoms with E-state index in [0.717, 1.165) is 31.4 Å². The maximum Gasteiger partial charge on any atom is 0.411 e. The molecule has 0 bridgehead atoms. The average molecular weight is 565 g/mol. The van der Waals surface area contributed by atoms with Crippen molar-refractivity contribution in [1.29, 1.82) is 0 Å². The topological polar surface area (TPSA) is 134 Å². The van der Waals surface area contributed by atoms with Crippen LogP contribution < -0.4 is 16.4 Å². The summed E-state index contributed by atoms with van der Waals surface area (Å²) in [4.78, 5) is 40.0. The van der Waals surface area contributed by atoms with Crippen LogP contribution in [0.15, 0.2) is 54.6 Å². The van der Waals surface area contributed by atoms with Crippen LogP contribution in [0.3, 0.4) is 0 Å². The minimum Gasteiger partial charge on any atom is -0.478 e. The Balaban J connectivity index is 1.53. The number of likely N-dealkylation sites (tertiary alicyclic amines) is 1. The number of hydrogen-bond acceptors (Lipinski definition) is 6. The molecule has 9 heteroatoms. The van der Waals surface area contributed by atoms with E-state index in [9.17, 15) is 14.4 Å². The molecule has 1 aliphatic heterocycles. The van der Waals surface area contributed by atoms with Gasteiger partial charge in [0, 0.05) is 30.4 Å². The Morgan fingerprint density at radius 2 is 1.68 bits per heavy atom. The van der Waals surface area contributed by atoms with Gasteiger partial charge in [-0.3, -0.25) is 15.0 Å². The lowest BCUT2D eigenvalue weighted by Gasteiger charge is -2.47. The fourth-order valence-corrected chi connectivity index (χ4v) is 6.12. The van der Waals surface area contributed by atoms with Crippen molar-refractivity contribution in [2.75, 3.05) is 18.4 Å². The zero-order chi connectivity index (χ0) is 29.6. The largest absolute Gasteiger partial charge is 0.478 e. The van der Waals surface area contributed by atoms with Crippen molar-refractivity contribution in [2.24, 2.45) is 17.6 Å². The third kappa shape index (κ3) is 8.78. The maximum absolute atomic E-state index is 13.5. The Morgan fingerprint density at radius 3 is 2.32 bits per heavy atom. The minimum atomic E-state index is -1.04. The van der Waals surface area contributed by atoms with Gasteiger partial charge in [0.05, 0.1) is 11.6 Å². The predicted octanol–water partition coefficient (Wildman–Crippen LogP) is 4.67. The van der Waals surface area contributed by atoms with Gasteiger partial charge in [0.1, 0.15) is 6.10 Å². The summed E-state index contributed by atoms with van der Waals surface area (Å²) < 4.78 is 5.97. The lowest BCUT2D eigenvalue weighted by molar-refractivity contribution is -0.132. The van der Waals surface area contributed by atoms with E-state index in [2.05, 4.69) is 15.5 Å². The Morgan fingerprint density at radius 1 is 1.02 bits per heavy atom. The first-order chi connectivity index (χ1) is 19.5. The fourth-order valence-electron chi connectivity index (χ4n) is 6.12. The van der Waals surface area contributed by atoms with E-state index in [1.54, 1.807) is 0 Å². The molecule has 1 aliphatic carbocycles. The number of ether oxygens (including phenoxy) is 1. The number of rotatable bonds is 9. The fraction of sp³-hybridized carbons (Fsp3) is 0.531. The van der Waals surface area contributed by atoms with Crippen LogP contribution in [-0.2, 0) is 16.0 Å². The molecule has 5 N–H and O–H groups in total. The number of nitrogens with one attached hydrogen (secondary N) is 2. The van der Waals surface area contributed by atoms with Crippen LogP contribution in [-0.4, -0.2) is 64.8 Å². The molecular formula is C32H44N4O5. The quantitative estimate of drug-likeness (QED) is 0.348. The van der Waals surface area contributed by atoms with E-state index >= 15 is 0 Å². The molecule has 9 nitrogen and oxygen atoms in total. The Bertz CT molecular complexity index is 1180. The standard InChI is InChI=1S/C32H44N4O5/c1-32(2,3)35-29(37)27-18-23-11-7-8-12-24(23)19-36(27)20-28(26(33)17-21-9-5-4-6-10-21)41-31(40)34-25-15-13-22(14-16-25)30(38)39/h4-6,9-10,13-16,23-24,26-28H,7-8,11-12,17-20,33H2,1-3H3,(H,34,40)(H,35,37)(H,38,39)/t23-,24+,26-,27-,28+/m0/s1. The van der Waals surface area contributed by atoms with Crippen molar-refractivity contribution in [3.63, 3.8) is 0 Å². The third-order valence-electron chi connectivity index (χ3n) is 8.15. The molecular weight excluding hydrogens is 520 g/mol. The molecule has 2 aromatic carbocycles.